The minimum absolute atomic E-state index is 0.130. The van der Waals surface area contributed by atoms with Gasteiger partial charge < -0.3 is 5.32 Å². The predicted octanol–water partition coefficient (Wildman–Crippen LogP) is 2.87. The van der Waals surface area contributed by atoms with Crippen molar-refractivity contribution in [1.29, 1.82) is 0 Å². The Bertz CT molecular complexity index is 840. The molecule has 0 unspecified atom stereocenters. The van der Waals surface area contributed by atoms with Crippen LogP contribution >= 0.6 is 0 Å². The van der Waals surface area contributed by atoms with Crippen molar-refractivity contribution in [2.24, 2.45) is 0 Å². The summed E-state index contributed by atoms with van der Waals surface area (Å²) < 4.78 is 1.84. The van der Waals surface area contributed by atoms with Gasteiger partial charge in [-0.3, -0.25) is 14.5 Å². The molecule has 1 aromatic carbocycles. The van der Waals surface area contributed by atoms with Crippen LogP contribution in [-0.4, -0.2) is 20.7 Å². The van der Waals surface area contributed by atoms with Crippen LogP contribution in [0.4, 0.5) is 0 Å². The maximum Gasteiger partial charge on any atom is 0.255 e. The van der Waals surface area contributed by atoms with E-state index >= 15 is 0 Å². The van der Waals surface area contributed by atoms with E-state index in [4.69, 9.17) is 0 Å². The first kappa shape index (κ1) is 15.9. The number of rotatable bonds is 5. The van der Waals surface area contributed by atoms with E-state index in [1.54, 1.807) is 12.4 Å². The van der Waals surface area contributed by atoms with Gasteiger partial charge >= 0.3 is 0 Å². The van der Waals surface area contributed by atoms with Crippen molar-refractivity contribution < 1.29 is 4.79 Å². The Morgan fingerprint density at radius 1 is 1.17 bits per heavy atom. The van der Waals surface area contributed by atoms with Crippen LogP contribution in [0.25, 0.3) is 0 Å². The summed E-state index contributed by atoms with van der Waals surface area (Å²) in [6, 6.07) is 14.0. The summed E-state index contributed by atoms with van der Waals surface area (Å²) in [5.41, 5.74) is 4.57. The highest BCUT2D eigenvalue weighted by Gasteiger charge is 2.14. The highest BCUT2D eigenvalue weighted by molar-refractivity contribution is 5.94. The van der Waals surface area contributed by atoms with E-state index in [0.717, 1.165) is 22.5 Å². The average molecular weight is 320 g/mol. The molecule has 0 fully saturated rings. The SMILES string of the molecule is Cc1ccnc(CNC(=O)c2cnn(Cc3ccccc3)c2C)c1. The zero-order valence-electron chi connectivity index (χ0n) is 13.9. The number of hydrogen-bond acceptors (Lipinski definition) is 3. The zero-order chi connectivity index (χ0) is 16.9. The Morgan fingerprint density at radius 2 is 1.96 bits per heavy atom. The largest absolute Gasteiger partial charge is 0.346 e. The van der Waals surface area contributed by atoms with Crippen LogP contribution in [0.1, 0.15) is 32.9 Å². The number of nitrogens with one attached hydrogen (secondary N) is 1. The van der Waals surface area contributed by atoms with E-state index in [0.29, 0.717) is 18.7 Å². The van der Waals surface area contributed by atoms with Gasteiger partial charge in [0.05, 0.1) is 30.5 Å². The summed E-state index contributed by atoms with van der Waals surface area (Å²) in [6.07, 6.45) is 3.37. The van der Waals surface area contributed by atoms with E-state index in [1.807, 2.05) is 61.0 Å². The van der Waals surface area contributed by atoms with Gasteiger partial charge in [0.1, 0.15) is 0 Å². The van der Waals surface area contributed by atoms with Crippen LogP contribution in [-0.2, 0) is 13.1 Å². The van der Waals surface area contributed by atoms with E-state index in [-0.39, 0.29) is 5.91 Å². The molecule has 0 bridgehead atoms. The molecule has 5 nitrogen and oxygen atoms in total. The number of nitrogens with zero attached hydrogens (tertiary/aromatic N) is 3. The molecule has 122 valence electrons. The third-order valence-corrected chi connectivity index (χ3v) is 3.93. The first-order valence-electron chi connectivity index (χ1n) is 7.89. The second kappa shape index (κ2) is 7.08. The molecule has 0 aliphatic heterocycles. The highest BCUT2D eigenvalue weighted by atomic mass is 16.1. The van der Waals surface area contributed by atoms with Crippen LogP contribution in [0.3, 0.4) is 0 Å². The van der Waals surface area contributed by atoms with Crippen LogP contribution in [0.5, 0.6) is 0 Å². The zero-order valence-corrected chi connectivity index (χ0v) is 13.9. The van der Waals surface area contributed by atoms with Crippen molar-refractivity contribution >= 4 is 5.91 Å². The first-order valence-corrected chi connectivity index (χ1v) is 7.89. The molecule has 0 saturated heterocycles. The smallest absolute Gasteiger partial charge is 0.255 e. The second-order valence-electron chi connectivity index (χ2n) is 5.79. The van der Waals surface area contributed by atoms with Crippen molar-refractivity contribution in [2.75, 3.05) is 0 Å². The quantitative estimate of drug-likeness (QED) is 0.786. The summed E-state index contributed by atoms with van der Waals surface area (Å²) in [5.74, 6) is -0.130. The lowest BCUT2D eigenvalue weighted by Gasteiger charge is -2.07. The molecule has 2 aromatic heterocycles. The number of hydrogen-bond donors (Lipinski definition) is 1. The molecule has 0 radical (unpaired) electrons. The molecule has 2 heterocycles. The van der Waals surface area contributed by atoms with E-state index in [2.05, 4.69) is 15.4 Å². The molecule has 0 atom stereocenters. The minimum Gasteiger partial charge on any atom is -0.346 e. The molecule has 0 spiro atoms. The minimum atomic E-state index is -0.130. The van der Waals surface area contributed by atoms with E-state index in [1.165, 1.54) is 0 Å². The van der Waals surface area contributed by atoms with Gasteiger partial charge in [0.25, 0.3) is 5.91 Å². The van der Waals surface area contributed by atoms with Gasteiger partial charge in [0.15, 0.2) is 0 Å². The number of aromatic nitrogens is 3. The lowest BCUT2D eigenvalue weighted by atomic mass is 10.2. The maximum atomic E-state index is 12.4. The van der Waals surface area contributed by atoms with Gasteiger partial charge in [0, 0.05) is 11.9 Å². The molecule has 0 saturated carbocycles. The van der Waals surface area contributed by atoms with Crippen molar-refractivity contribution in [3.63, 3.8) is 0 Å². The Labute approximate surface area is 141 Å². The highest BCUT2D eigenvalue weighted by Crippen LogP contribution is 2.10. The summed E-state index contributed by atoms with van der Waals surface area (Å²) in [5, 5.41) is 7.25. The average Bonchev–Trinajstić information content (AvgIpc) is 2.95. The number of pyridine rings is 1. The van der Waals surface area contributed by atoms with Crippen LogP contribution < -0.4 is 5.32 Å². The predicted molar refractivity (Wildman–Crippen MR) is 92.7 cm³/mol. The lowest BCUT2D eigenvalue weighted by Crippen LogP contribution is -2.24. The fourth-order valence-corrected chi connectivity index (χ4v) is 2.55. The third-order valence-electron chi connectivity index (χ3n) is 3.93. The molecule has 1 amide bonds. The molecular formula is C19H20N4O. The van der Waals surface area contributed by atoms with Crippen molar-refractivity contribution in [3.05, 3.63) is 82.9 Å². The summed E-state index contributed by atoms with van der Waals surface area (Å²) in [4.78, 5) is 16.7. The molecule has 3 rings (SSSR count). The van der Waals surface area contributed by atoms with Crippen LogP contribution in [0, 0.1) is 13.8 Å². The van der Waals surface area contributed by atoms with E-state index in [9.17, 15) is 4.79 Å². The molecule has 0 aliphatic carbocycles. The Kier molecular flexibility index (Phi) is 4.70. The monoisotopic (exact) mass is 320 g/mol. The Morgan fingerprint density at radius 3 is 2.71 bits per heavy atom. The number of carbonyl (C=O) groups is 1. The fourth-order valence-electron chi connectivity index (χ4n) is 2.55. The topological polar surface area (TPSA) is 59.8 Å². The molecule has 1 N–H and O–H groups in total. The number of benzene rings is 1. The molecule has 5 heteroatoms. The summed E-state index contributed by atoms with van der Waals surface area (Å²) in [7, 11) is 0. The van der Waals surface area contributed by atoms with Gasteiger partial charge in [0.2, 0.25) is 0 Å². The molecule has 24 heavy (non-hydrogen) atoms. The second-order valence-corrected chi connectivity index (χ2v) is 5.79. The first-order chi connectivity index (χ1) is 11.6. The van der Waals surface area contributed by atoms with Gasteiger partial charge in [-0.05, 0) is 37.1 Å². The van der Waals surface area contributed by atoms with Gasteiger partial charge in [-0.25, -0.2) is 0 Å². The summed E-state index contributed by atoms with van der Waals surface area (Å²) >= 11 is 0. The Hall–Kier alpha value is -2.95. The molecule has 3 aromatic rings. The Balaban J connectivity index is 1.67. The molecule has 0 aliphatic rings. The maximum absolute atomic E-state index is 12.4. The van der Waals surface area contributed by atoms with Crippen molar-refractivity contribution in [3.8, 4) is 0 Å². The third kappa shape index (κ3) is 3.68. The normalized spacial score (nSPS) is 10.6. The van der Waals surface area contributed by atoms with E-state index < -0.39 is 0 Å². The number of carbonyl (C=O) groups excluding carboxylic acids is 1. The summed E-state index contributed by atoms with van der Waals surface area (Å²) in [6.45, 7) is 4.98. The van der Waals surface area contributed by atoms with Gasteiger partial charge in [-0.15, -0.1) is 0 Å². The van der Waals surface area contributed by atoms with Crippen molar-refractivity contribution in [2.45, 2.75) is 26.9 Å². The number of aryl methyl sites for hydroxylation is 1. The van der Waals surface area contributed by atoms with Crippen LogP contribution in [0.2, 0.25) is 0 Å². The van der Waals surface area contributed by atoms with Gasteiger partial charge in [-0.2, -0.15) is 5.10 Å². The molecular weight excluding hydrogens is 300 g/mol. The fraction of sp³-hybridized carbons (Fsp3) is 0.211. The standard InChI is InChI=1S/C19H20N4O/c1-14-8-9-20-17(10-14)11-21-19(24)18-12-22-23(15(18)2)13-16-6-4-3-5-7-16/h3-10,12H,11,13H2,1-2H3,(H,21,24). The lowest BCUT2D eigenvalue weighted by molar-refractivity contribution is 0.0949. The van der Waals surface area contributed by atoms with Crippen LogP contribution in [0.15, 0.2) is 54.9 Å². The van der Waals surface area contributed by atoms with Crippen molar-refractivity contribution in [1.82, 2.24) is 20.1 Å². The number of amides is 1. The van der Waals surface area contributed by atoms with Gasteiger partial charge in [-0.1, -0.05) is 30.3 Å².